The van der Waals surface area contributed by atoms with Gasteiger partial charge < -0.3 is 4.74 Å². The van der Waals surface area contributed by atoms with E-state index >= 15 is 0 Å². The Bertz CT molecular complexity index is 243. The van der Waals surface area contributed by atoms with Gasteiger partial charge in [-0.1, -0.05) is 45.4 Å². The van der Waals surface area contributed by atoms with E-state index in [1.165, 1.54) is 38.5 Å². The molecule has 17 heavy (non-hydrogen) atoms. The summed E-state index contributed by atoms with van der Waals surface area (Å²) in [6.07, 6.45) is 13.4. The third-order valence-corrected chi connectivity index (χ3v) is 3.22. The first-order chi connectivity index (χ1) is 8.34. The lowest BCUT2D eigenvalue weighted by Gasteiger charge is -2.13. The molecule has 1 heterocycles. The van der Waals surface area contributed by atoms with Crippen molar-refractivity contribution >= 4 is 5.78 Å². The lowest BCUT2D eigenvalue weighted by molar-refractivity contribution is -0.119. The summed E-state index contributed by atoms with van der Waals surface area (Å²) in [5.41, 5.74) is 0. The molecule has 0 aromatic carbocycles. The van der Waals surface area contributed by atoms with Crippen LogP contribution in [0.2, 0.25) is 0 Å². The predicted molar refractivity (Wildman–Crippen MR) is 70.9 cm³/mol. The Hall–Kier alpha value is -0.790. The van der Waals surface area contributed by atoms with Crippen molar-refractivity contribution < 1.29 is 9.53 Å². The van der Waals surface area contributed by atoms with Crippen LogP contribution >= 0.6 is 0 Å². The molecule has 0 spiro atoms. The van der Waals surface area contributed by atoms with Gasteiger partial charge in [0.2, 0.25) is 0 Å². The van der Waals surface area contributed by atoms with Crippen LogP contribution in [0.5, 0.6) is 0 Å². The minimum atomic E-state index is 0.207. The Morgan fingerprint density at radius 2 is 1.88 bits per heavy atom. The molecule has 0 bridgehead atoms. The van der Waals surface area contributed by atoms with E-state index in [0.717, 1.165) is 19.3 Å². The number of unbranched alkanes of at least 4 members (excludes halogenated alkanes) is 6. The van der Waals surface area contributed by atoms with E-state index in [2.05, 4.69) is 6.92 Å². The normalized spacial score (nSPS) is 15.2. The Morgan fingerprint density at radius 1 is 1.18 bits per heavy atom. The zero-order valence-corrected chi connectivity index (χ0v) is 11.2. The molecule has 0 amide bonds. The van der Waals surface area contributed by atoms with Crippen LogP contribution in [0.15, 0.2) is 11.8 Å². The van der Waals surface area contributed by atoms with E-state index < -0.39 is 0 Å². The molecule has 2 nitrogen and oxygen atoms in total. The van der Waals surface area contributed by atoms with Gasteiger partial charge in [-0.15, -0.1) is 0 Å². The first kappa shape index (κ1) is 14.3. The summed E-state index contributed by atoms with van der Waals surface area (Å²) in [5, 5.41) is 0. The SMILES string of the molecule is CCCCCCCCCC(=O)C1=CCCCO1. The van der Waals surface area contributed by atoms with Crippen molar-refractivity contribution in [3.8, 4) is 0 Å². The minimum absolute atomic E-state index is 0.207. The van der Waals surface area contributed by atoms with Crippen LogP contribution in [0, 0.1) is 0 Å². The highest BCUT2D eigenvalue weighted by Gasteiger charge is 2.12. The Labute approximate surface area is 105 Å². The largest absolute Gasteiger partial charge is 0.490 e. The fourth-order valence-electron chi connectivity index (χ4n) is 2.12. The second-order valence-electron chi connectivity index (χ2n) is 4.85. The number of rotatable bonds is 9. The molecule has 2 heteroatoms. The average Bonchev–Trinajstić information content (AvgIpc) is 2.38. The van der Waals surface area contributed by atoms with Crippen LogP contribution in [0.4, 0.5) is 0 Å². The lowest BCUT2D eigenvalue weighted by Crippen LogP contribution is -2.10. The number of carbonyl (C=O) groups is 1. The monoisotopic (exact) mass is 238 g/mol. The summed E-state index contributed by atoms with van der Waals surface area (Å²) in [6.45, 7) is 2.95. The molecule has 0 atom stereocenters. The molecule has 0 fully saturated rings. The third-order valence-electron chi connectivity index (χ3n) is 3.22. The second kappa shape index (κ2) is 9.26. The van der Waals surface area contributed by atoms with Gasteiger partial charge in [-0.25, -0.2) is 0 Å². The molecule has 1 aliphatic heterocycles. The molecule has 0 saturated heterocycles. The van der Waals surface area contributed by atoms with Gasteiger partial charge in [0.1, 0.15) is 0 Å². The van der Waals surface area contributed by atoms with Gasteiger partial charge in [-0.05, 0) is 25.3 Å². The number of hydrogen-bond donors (Lipinski definition) is 0. The van der Waals surface area contributed by atoms with E-state index in [1.54, 1.807) is 0 Å². The van der Waals surface area contributed by atoms with Crippen LogP contribution in [-0.4, -0.2) is 12.4 Å². The molecule has 0 aromatic rings. The highest BCUT2D eigenvalue weighted by molar-refractivity contribution is 5.93. The smallest absolute Gasteiger partial charge is 0.197 e. The number of Topliss-reactive ketones (excluding diaryl/α,β-unsaturated/α-hetero) is 1. The van der Waals surface area contributed by atoms with Crippen molar-refractivity contribution in [1.82, 2.24) is 0 Å². The number of ether oxygens (including phenoxy) is 1. The molecule has 98 valence electrons. The summed E-state index contributed by atoms with van der Waals surface area (Å²) < 4.78 is 5.36. The van der Waals surface area contributed by atoms with Gasteiger partial charge in [0.05, 0.1) is 6.61 Å². The quantitative estimate of drug-likeness (QED) is 0.557. The molecular formula is C15H26O2. The van der Waals surface area contributed by atoms with Crippen LogP contribution in [0.3, 0.4) is 0 Å². The molecular weight excluding hydrogens is 212 g/mol. The Morgan fingerprint density at radius 3 is 2.53 bits per heavy atom. The topological polar surface area (TPSA) is 26.3 Å². The van der Waals surface area contributed by atoms with Crippen molar-refractivity contribution in [2.45, 2.75) is 71.1 Å². The predicted octanol–water partition coefficient (Wildman–Crippen LogP) is 4.39. The molecule has 0 N–H and O–H groups in total. The van der Waals surface area contributed by atoms with Crippen LogP contribution in [-0.2, 0) is 9.53 Å². The number of hydrogen-bond acceptors (Lipinski definition) is 2. The molecule has 0 aromatic heterocycles. The first-order valence-electron chi connectivity index (χ1n) is 7.20. The molecule has 0 aliphatic carbocycles. The molecule has 1 aliphatic rings. The zero-order chi connectivity index (χ0) is 12.3. The number of carbonyl (C=O) groups excluding carboxylic acids is 1. The van der Waals surface area contributed by atoms with Gasteiger partial charge in [-0.2, -0.15) is 0 Å². The standard InChI is InChI=1S/C15H26O2/c1-2-3-4-5-6-7-8-11-14(16)15-12-9-10-13-17-15/h12H,2-11,13H2,1H3. The van der Waals surface area contributed by atoms with Crippen molar-refractivity contribution in [3.63, 3.8) is 0 Å². The average molecular weight is 238 g/mol. The fourth-order valence-corrected chi connectivity index (χ4v) is 2.12. The Balaban J connectivity index is 1.98. The van der Waals surface area contributed by atoms with E-state index in [4.69, 9.17) is 4.74 Å². The van der Waals surface area contributed by atoms with Gasteiger partial charge in [0.25, 0.3) is 0 Å². The van der Waals surface area contributed by atoms with Crippen molar-refractivity contribution in [2.24, 2.45) is 0 Å². The van der Waals surface area contributed by atoms with Gasteiger partial charge in [0.15, 0.2) is 11.5 Å². The molecule has 0 radical (unpaired) electrons. The van der Waals surface area contributed by atoms with Crippen LogP contribution in [0.1, 0.15) is 71.1 Å². The molecule has 1 rings (SSSR count). The number of ketones is 1. The van der Waals surface area contributed by atoms with Gasteiger partial charge >= 0.3 is 0 Å². The summed E-state index contributed by atoms with van der Waals surface area (Å²) >= 11 is 0. The number of allylic oxidation sites excluding steroid dienone is 2. The summed E-state index contributed by atoms with van der Waals surface area (Å²) in [7, 11) is 0. The maximum atomic E-state index is 11.7. The van der Waals surface area contributed by atoms with E-state index in [0.29, 0.717) is 18.8 Å². The zero-order valence-electron chi connectivity index (χ0n) is 11.2. The van der Waals surface area contributed by atoms with Crippen molar-refractivity contribution in [1.29, 1.82) is 0 Å². The van der Waals surface area contributed by atoms with Crippen molar-refractivity contribution in [2.75, 3.05) is 6.61 Å². The van der Waals surface area contributed by atoms with E-state index in [1.807, 2.05) is 6.08 Å². The lowest BCUT2D eigenvalue weighted by atomic mass is 10.1. The molecule has 0 unspecified atom stereocenters. The van der Waals surface area contributed by atoms with E-state index in [9.17, 15) is 4.79 Å². The highest BCUT2D eigenvalue weighted by Crippen LogP contribution is 2.15. The first-order valence-corrected chi connectivity index (χ1v) is 7.20. The summed E-state index contributed by atoms with van der Waals surface area (Å²) in [4.78, 5) is 11.7. The third kappa shape index (κ3) is 6.50. The fraction of sp³-hybridized carbons (Fsp3) is 0.800. The maximum Gasteiger partial charge on any atom is 0.197 e. The van der Waals surface area contributed by atoms with Crippen molar-refractivity contribution in [3.05, 3.63) is 11.8 Å². The second-order valence-corrected chi connectivity index (χ2v) is 4.85. The highest BCUT2D eigenvalue weighted by atomic mass is 16.5. The van der Waals surface area contributed by atoms with Crippen LogP contribution < -0.4 is 0 Å². The Kier molecular flexibility index (Phi) is 7.78. The summed E-state index contributed by atoms with van der Waals surface area (Å²) in [5.74, 6) is 0.834. The van der Waals surface area contributed by atoms with Crippen LogP contribution in [0.25, 0.3) is 0 Å². The minimum Gasteiger partial charge on any atom is -0.490 e. The van der Waals surface area contributed by atoms with Gasteiger partial charge in [-0.3, -0.25) is 4.79 Å². The maximum absolute atomic E-state index is 11.7. The summed E-state index contributed by atoms with van der Waals surface area (Å²) in [6, 6.07) is 0. The van der Waals surface area contributed by atoms with Gasteiger partial charge in [0, 0.05) is 6.42 Å². The molecule has 0 saturated carbocycles. The van der Waals surface area contributed by atoms with E-state index in [-0.39, 0.29) is 5.78 Å².